The summed E-state index contributed by atoms with van der Waals surface area (Å²) in [7, 11) is 0. The summed E-state index contributed by atoms with van der Waals surface area (Å²) in [5.41, 5.74) is 0.588. The number of non-ortho nitro benzene ring substituents is 1. The molecule has 0 atom stereocenters. The van der Waals surface area contributed by atoms with Gasteiger partial charge < -0.3 is 9.88 Å². The van der Waals surface area contributed by atoms with Gasteiger partial charge in [0.1, 0.15) is 5.82 Å². The summed E-state index contributed by atoms with van der Waals surface area (Å²) < 4.78 is 2.26. The second-order valence-corrected chi connectivity index (χ2v) is 7.66. The molecule has 0 bridgehead atoms. The number of nitro benzene ring substituents is 1. The second kappa shape index (κ2) is 8.97. The summed E-state index contributed by atoms with van der Waals surface area (Å²) in [6, 6.07) is 5.89. The molecule has 0 spiro atoms. The minimum Gasteiger partial charge on any atom is -0.334 e. The maximum absolute atomic E-state index is 12.3. The highest BCUT2D eigenvalue weighted by molar-refractivity contribution is 5.92. The molecule has 1 aliphatic heterocycles. The number of hydrogen-bond donors (Lipinski definition) is 1. The fourth-order valence-electron chi connectivity index (χ4n) is 3.65. The van der Waals surface area contributed by atoms with Crippen LogP contribution in [0.1, 0.15) is 38.4 Å². The molecule has 0 unspecified atom stereocenters. The van der Waals surface area contributed by atoms with Crippen molar-refractivity contribution >= 4 is 17.3 Å². The Morgan fingerprint density at radius 3 is 2.57 bits per heavy atom. The molecule has 8 heteroatoms. The van der Waals surface area contributed by atoms with E-state index in [-0.39, 0.29) is 11.6 Å². The van der Waals surface area contributed by atoms with Crippen molar-refractivity contribution in [3.63, 3.8) is 0 Å². The average Bonchev–Trinajstić information content (AvgIpc) is 3.12. The van der Waals surface area contributed by atoms with E-state index in [1.165, 1.54) is 12.1 Å². The van der Waals surface area contributed by atoms with Gasteiger partial charge in [0.2, 0.25) is 5.91 Å². The van der Waals surface area contributed by atoms with Gasteiger partial charge in [-0.3, -0.25) is 19.8 Å². The number of amides is 1. The summed E-state index contributed by atoms with van der Waals surface area (Å²) in [5, 5.41) is 13.5. The van der Waals surface area contributed by atoms with E-state index >= 15 is 0 Å². The molecule has 1 fully saturated rings. The number of likely N-dealkylation sites (tertiary alicyclic amines) is 1. The number of nitrogens with zero attached hydrogens (tertiary/aromatic N) is 4. The van der Waals surface area contributed by atoms with Crippen LogP contribution >= 0.6 is 0 Å². The van der Waals surface area contributed by atoms with Gasteiger partial charge in [-0.15, -0.1) is 0 Å². The third kappa shape index (κ3) is 5.16. The zero-order valence-electron chi connectivity index (χ0n) is 16.4. The molecule has 8 nitrogen and oxygen atoms in total. The van der Waals surface area contributed by atoms with Gasteiger partial charge in [-0.1, -0.05) is 13.8 Å². The average molecular weight is 385 g/mol. The zero-order chi connectivity index (χ0) is 20.1. The Hall–Kier alpha value is -2.74. The Balaban J connectivity index is 1.44. The van der Waals surface area contributed by atoms with Gasteiger partial charge in [-0.2, -0.15) is 0 Å². The molecule has 0 radical (unpaired) electrons. The van der Waals surface area contributed by atoms with E-state index in [0.29, 0.717) is 24.1 Å². The van der Waals surface area contributed by atoms with E-state index in [2.05, 4.69) is 39.8 Å². The van der Waals surface area contributed by atoms with Gasteiger partial charge in [0, 0.05) is 42.7 Å². The lowest BCUT2D eigenvalue weighted by Gasteiger charge is -2.32. The van der Waals surface area contributed by atoms with Crippen LogP contribution in [0.5, 0.6) is 0 Å². The van der Waals surface area contributed by atoms with E-state index in [1.807, 2.05) is 6.20 Å². The molecule has 3 rings (SSSR count). The first-order valence-corrected chi connectivity index (χ1v) is 9.70. The number of hydrogen-bond acceptors (Lipinski definition) is 5. The first-order chi connectivity index (χ1) is 13.4. The molecule has 2 heterocycles. The third-order valence-electron chi connectivity index (χ3n) is 5.16. The van der Waals surface area contributed by atoms with E-state index in [1.54, 1.807) is 12.1 Å². The van der Waals surface area contributed by atoms with E-state index in [4.69, 9.17) is 0 Å². The van der Waals surface area contributed by atoms with Crippen molar-refractivity contribution in [3.8, 4) is 0 Å². The topological polar surface area (TPSA) is 93.3 Å². The molecule has 0 saturated carbocycles. The van der Waals surface area contributed by atoms with E-state index in [9.17, 15) is 14.9 Å². The smallest absolute Gasteiger partial charge is 0.269 e. The van der Waals surface area contributed by atoms with Crippen molar-refractivity contribution < 1.29 is 9.72 Å². The predicted octanol–water partition coefficient (Wildman–Crippen LogP) is 3.27. The van der Waals surface area contributed by atoms with Crippen LogP contribution in [-0.2, 0) is 11.3 Å². The van der Waals surface area contributed by atoms with Crippen LogP contribution in [0, 0.1) is 16.0 Å². The molecular weight excluding hydrogens is 358 g/mol. The lowest BCUT2D eigenvalue weighted by Crippen LogP contribution is -2.40. The maximum atomic E-state index is 12.3. The van der Waals surface area contributed by atoms with Crippen molar-refractivity contribution in [2.75, 3.05) is 25.0 Å². The van der Waals surface area contributed by atoms with Gasteiger partial charge in [0.25, 0.3) is 5.69 Å². The minimum atomic E-state index is -0.455. The number of piperidine rings is 1. The van der Waals surface area contributed by atoms with Gasteiger partial charge in [-0.05, 0) is 44.0 Å². The molecule has 0 aliphatic carbocycles. The number of nitro groups is 1. The van der Waals surface area contributed by atoms with Crippen molar-refractivity contribution in [1.29, 1.82) is 0 Å². The van der Waals surface area contributed by atoms with Crippen LogP contribution in [0.15, 0.2) is 36.7 Å². The van der Waals surface area contributed by atoms with E-state index in [0.717, 1.165) is 38.3 Å². The van der Waals surface area contributed by atoms with Crippen LogP contribution in [0.2, 0.25) is 0 Å². The number of imidazole rings is 1. The Labute approximate surface area is 164 Å². The van der Waals surface area contributed by atoms with Crippen LogP contribution in [-0.4, -0.2) is 44.9 Å². The summed E-state index contributed by atoms with van der Waals surface area (Å²) >= 11 is 0. The largest absolute Gasteiger partial charge is 0.334 e. The number of carbonyl (C=O) groups is 1. The lowest BCUT2D eigenvalue weighted by atomic mass is 9.96. The molecule has 1 amide bonds. The highest BCUT2D eigenvalue weighted by atomic mass is 16.6. The van der Waals surface area contributed by atoms with Crippen LogP contribution in [0.3, 0.4) is 0 Å². The lowest BCUT2D eigenvalue weighted by molar-refractivity contribution is -0.384. The van der Waals surface area contributed by atoms with Crippen molar-refractivity contribution in [3.05, 3.63) is 52.6 Å². The molecule has 1 saturated heterocycles. The molecule has 28 heavy (non-hydrogen) atoms. The third-order valence-corrected chi connectivity index (χ3v) is 5.16. The van der Waals surface area contributed by atoms with Crippen LogP contribution < -0.4 is 5.32 Å². The van der Waals surface area contributed by atoms with Crippen molar-refractivity contribution in [2.45, 2.75) is 39.2 Å². The standard InChI is InChI=1S/C20H27N5O3/c1-15(2)20-21-9-12-24(20)13-16-7-10-23(11-8-16)14-19(26)22-17-3-5-18(6-4-17)25(27)28/h3-6,9,12,15-16H,7-8,10-11,13-14H2,1-2H3,(H,22,26). The van der Waals surface area contributed by atoms with E-state index < -0.39 is 4.92 Å². The normalized spacial score (nSPS) is 15.7. The summed E-state index contributed by atoms with van der Waals surface area (Å²) in [4.78, 5) is 29.1. The molecule has 150 valence electrons. The van der Waals surface area contributed by atoms with Crippen LogP contribution in [0.25, 0.3) is 0 Å². The highest BCUT2D eigenvalue weighted by Crippen LogP contribution is 2.22. The van der Waals surface area contributed by atoms with Gasteiger partial charge in [0.15, 0.2) is 0 Å². The van der Waals surface area contributed by atoms with Gasteiger partial charge >= 0.3 is 0 Å². The monoisotopic (exact) mass is 385 g/mol. The number of anilines is 1. The summed E-state index contributed by atoms with van der Waals surface area (Å²) in [5.74, 6) is 2.05. The number of aromatic nitrogens is 2. The SMILES string of the molecule is CC(C)c1nccn1CC1CCN(CC(=O)Nc2ccc([N+](=O)[O-])cc2)CC1. The Kier molecular flexibility index (Phi) is 6.41. The molecule has 1 N–H and O–H groups in total. The fraction of sp³-hybridized carbons (Fsp3) is 0.500. The summed E-state index contributed by atoms with van der Waals surface area (Å²) in [6.07, 6.45) is 6.04. The fourth-order valence-corrected chi connectivity index (χ4v) is 3.65. The number of benzene rings is 1. The molecule has 2 aromatic rings. The first kappa shape index (κ1) is 20.0. The number of carbonyl (C=O) groups excluding carboxylic acids is 1. The Morgan fingerprint density at radius 1 is 1.29 bits per heavy atom. The van der Waals surface area contributed by atoms with Gasteiger partial charge in [0.05, 0.1) is 11.5 Å². The summed E-state index contributed by atoms with van der Waals surface area (Å²) in [6.45, 7) is 7.42. The Morgan fingerprint density at radius 2 is 1.96 bits per heavy atom. The molecule has 1 aliphatic rings. The number of rotatable bonds is 7. The minimum absolute atomic E-state index is 0.0126. The molecule has 1 aromatic heterocycles. The highest BCUT2D eigenvalue weighted by Gasteiger charge is 2.22. The number of nitrogens with one attached hydrogen (secondary N) is 1. The first-order valence-electron chi connectivity index (χ1n) is 9.70. The Bertz CT molecular complexity index is 808. The van der Waals surface area contributed by atoms with Crippen molar-refractivity contribution in [2.24, 2.45) is 5.92 Å². The van der Waals surface area contributed by atoms with Gasteiger partial charge in [-0.25, -0.2) is 4.98 Å². The van der Waals surface area contributed by atoms with Crippen LogP contribution in [0.4, 0.5) is 11.4 Å². The maximum Gasteiger partial charge on any atom is 0.269 e. The predicted molar refractivity (Wildman–Crippen MR) is 107 cm³/mol. The zero-order valence-corrected chi connectivity index (χ0v) is 16.4. The molecule has 1 aromatic carbocycles. The quantitative estimate of drug-likeness (QED) is 0.583. The second-order valence-electron chi connectivity index (χ2n) is 7.66. The molecular formula is C20H27N5O3. The van der Waals surface area contributed by atoms with Crippen molar-refractivity contribution in [1.82, 2.24) is 14.5 Å².